The van der Waals surface area contributed by atoms with Crippen LogP contribution in [-0.2, 0) is 4.79 Å². The van der Waals surface area contributed by atoms with Gasteiger partial charge in [0.2, 0.25) is 5.91 Å². The van der Waals surface area contributed by atoms with Crippen LogP contribution in [0.2, 0.25) is 0 Å². The molecule has 5 nitrogen and oxygen atoms in total. The molecular formula is C18H26N2O3. The van der Waals surface area contributed by atoms with Gasteiger partial charge in [-0.1, -0.05) is 19.8 Å². The SMILES string of the molecule is CC1CCCC(C(=O)Nc2ccc(C(=O)NCCCO)cc2)C1. The van der Waals surface area contributed by atoms with Crippen LogP contribution in [0.1, 0.15) is 49.4 Å². The van der Waals surface area contributed by atoms with Crippen molar-refractivity contribution in [3.63, 3.8) is 0 Å². The zero-order valence-electron chi connectivity index (χ0n) is 13.7. The Morgan fingerprint density at radius 2 is 1.96 bits per heavy atom. The van der Waals surface area contributed by atoms with Crippen molar-refractivity contribution in [3.05, 3.63) is 29.8 Å². The van der Waals surface area contributed by atoms with Gasteiger partial charge in [-0.05, 0) is 49.4 Å². The van der Waals surface area contributed by atoms with Gasteiger partial charge in [-0.2, -0.15) is 0 Å². The number of aliphatic hydroxyl groups is 1. The van der Waals surface area contributed by atoms with Crippen molar-refractivity contribution in [2.75, 3.05) is 18.5 Å². The molecule has 5 heteroatoms. The van der Waals surface area contributed by atoms with Crippen LogP contribution in [0.4, 0.5) is 5.69 Å². The van der Waals surface area contributed by atoms with Gasteiger partial charge in [-0.15, -0.1) is 0 Å². The maximum Gasteiger partial charge on any atom is 0.251 e. The molecule has 0 spiro atoms. The first-order valence-electron chi connectivity index (χ1n) is 8.40. The molecule has 0 bridgehead atoms. The van der Waals surface area contributed by atoms with Crippen molar-refractivity contribution in [2.45, 2.75) is 39.0 Å². The second kappa shape index (κ2) is 8.67. The summed E-state index contributed by atoms with van der Waals surface area (Å²) in [7, 11) is 0. The maximum absolute atomic E-state index is 12.3. The topological polar surface area (TPSA) is 78.4 Å². The van der Waals surface area contributed by atoms with Crippen LogP contribution in [0, 0.1) is 11.8 Å². The van der Waals surface area contributed by atoms with Crippen molar-refractivity contribution in [3.8, 4) is 0 Å². The summed E-state index contributed by atoms with van der Waals surface area (Å²) in [4.78, 5) is 24.1. The predicted octanol–water partition coefficient (Wildman–Crippen LogP) is 2.56. The highest BCUT2D eigenvalue weighted by Crippen LogP contribution is 2.29. The summed E-state index contributed by atoms with van der Waals surface area (Å²) >= 11 is 0. The molecule has 2 unspecified atom stereocenters. The molecule has 0 aromatic heterocycles. The fourth-order valence-electron chi connectivity index (χ4n) is 3.00. The minimum atomic E-state index is -0.169. The Bertz CT molecular complexity index is 528. The minimum absolute atomic E-state index is 0.0605. The first-order chi connectivity index (χ1) is 11.1. The van der Waals surface area contributed by atoms with Crippen LogP contribution in [0.3, 0.4) is 0 Å². The highest BCUT2D eigenvalue weighted by Gasteiger charge is 2.24. The molecule has 1 aromatic carbocycles. The molecule has 1 fully saturated rings. The van der Waals surface area contributed by atoms with Crippen LogP contribution >= 0.6 is 0 Å². The van der Waals surface area contributed by atoms with E-state index in [0.717, 1.165) is 24.9 Å². The minimum Gasteiger partial charge on any atom is -0.396 e. The molecule has 0 saturated heterocycles. The number of carbonyl (C=O) groups is 2. The molecule has 1 aliphatic carbocycles. The van der Waals surface area contributed by atoms with E-state index in [2.05, 4.69) is 17.6 Å². The third-order valence-electron chi connectivity index (χ3n) is 4.34. The third kappa shape index (κ3) is 5.36. The van der Waals surface area contributed by atoms with Crippen LogP contribution in [0.15, 0.2) is 24.3 Å². The maximum atomic E-state index is 12.3. The number of carbonyl (C=O) groups excluding carboxylic acids is 2. The van der Waals surface area contributed by atoms with Gasteiger partial charge < -0.3 is 15.7 Å². The fourth-order valence-corrected chi connectivity index (χ4v) is 3.00. The fraction of sp³-hybridized carbons (Fsp3) is 0.556. The standard InChI is InChI=1S/C18H26N2O3/c1-13-4-2-5-15(12-13)18(23)20-16-8-6-14(7-9-16)17(22)19-10-3-11-21/h6-9,13,15,21H,2-5,10-12H2,1H3,(H,19,22)(H,20,23). The Kier molecular flexibility index (Phi) is 6.59. The van der Waals surface area contributed by atoms with Gasteiger partial charge in [-0.25, -0.2) is 0 Å². The number of rotatable bonds is 6. The van der Waals surface area contributed by atoms with Gasteiger partial charge in [0.15, 0.2) is 0 Å². The van der Waals surface area contributed by atoms with Crippen molar-refractivity contribution < 1.29 is 14.7 Å². The normalized spacial score (nSPS) is 20.8. The smallest absolute Gasteiger partial charge is 0.251 e. The predicted molar refractivity (Wildman–Crippen MR) is 90.2 cm³/mol. The molecule has 126 valence electrons. The molecule has 23 heavy (non-hydrogen) atoms. The lowest BCUT2D eigenvalue weighted by atomic mass is 9.82. The van der Waals surface area contributed by atoms with Crippen LogP contribution in [0.25, 0.3) is 0 Å². The van der Waals surface area contributed by atoms with Gasteiger partial charge >= 0.3 is 0 Å². The summed E-state index contributed by atoms with van der Waals surface area (Å²) in [5.41, 5.74) is 1.27. The van der Waals surface area contributed by atoms with Crippen LogP contribution in [0.5, 0.6) is 0 Å². The van der Waals surface area contributed by atoms with Gasteiger partial charge in [0, 0.05) is 30.3 Å². The second-order valence-electron chi connectivity index (χ2n) is 6.37. The Labute approximate surface area is 137 Å². The molecule has 1 saturated carbocycles. The van der Waals surface area contributed by atoms with Gasteiger partial charge in [0.1, 0.15) is 0 Å². The van der Waals surface area contributed by atoms with E-state index < -0.39 is 0 Å². The molecule has 2 amide bonds. The molecule has 1 aliphatic rings. The number of aliphatic hydroxyl groups excluding tert-OH is 1. The summed E-state index contributed by atoms with van der Waals surface area (Å²) in [5.74, 6) is 0.624. The van der Waals surface area contributed by atoms with Crippen LogP contribution < -0.4 is 10.6 Å². The largest absolute Gasteiger partial charge is 0.396 e. The van der Waals surface area contributed by atoms with E-state index in [9.17, 15) is 9.59 Å². The van der Waals surface area contributed by atoms with E-state index >= 15 is 0 Å². The monoisotopic (exact) mass is 318 g/mol. The quantitative estimate of drug-likeness (QED) is 0.705. The third-order valence-corrected chi connectivity index (χ3v) is 4.34. The summed E-state index contributed by atoms with van der Waals surface area (Å²) in [6.07, 6.45) is 4.79. The van der Waals surface area contributed by atoms with Gasteiger partial charge in [0.25, 0.3) is 5.91 Å². The van der Waals surface area contributed by atoms with Crippen molar-refractivity contribution >= 4 is 17.5 Å². The zero-order chi connectivity index (χ0) is 16.7. The highest BCUT2D eigenvalue weighted by molar-refractivity contribution is 5.96. The lowest BCUT2D eigenvalue weighted by Crippen LogP contribution is -2.27. The number of amides is 2. The second-order valence-corrected chi connectivity index (χ2v) is 6.37. The van der Waals surface area contributed by atoms with E-state index in [1.807, 2.05) is 0 Å². The van der Waals surface area contributed by atoms with Gasteiger partial charge in [0.05, 0.1) is 0 Å². The van der Waals surface area contributed by atoms with Gasteiger partial charge in [-0.3, -0.25) is 9.59 Å². The van der Waals surface area contributed by atoms with Crippen LogP contribution in [-0.4, -0.2) is 30.1 Å². The molecule has 0 radical (unpaired) electrons. The number of nitrogens with one attached hydrogen (secondary N) is 2. The van der Waals surface area contributed by atoms with Crippen molar-refractivity contribution in [1.82, 2.24) is 5.32 Å². The van der Waals surface area contributed by atoms with Crippen molar-refractivity contribution in [2.24, 2.45) is 11.8 Å². The first kappa shape index (κ1) is 17.5. The molecule has 2 rings (SSSR count). The Balaban J connectivity index is 1.86. The summed E-state index contributed by atoms with van der Waals surface area (Å²) in [5, 5.41) is 14.4. The zero-order valence-corrected chi connectivity index (χ0v) is 13.7. The highest BCUT2D eigenvalue weighted by atomic mass is 16.3. The molecule has 0 aliphatic heterocycles. The first-order valence-corrected chi connectivity index (χ1v) is 8.40. The van der Waals surface area contributed by atoms with E-state index in [0.29, 0.717) is 24.4 Å². The van der Waals surface area contributed by atoms with Crippen molar-refractivity contribution in [1.29, 1.82) is 0 Å². The van der Waals surface area contributed by atoms with E-state index in [1.165, 1.54) is 6.42 Å². The van der Waals surface area contributed by atoms with E-state index in [-0.39, 0.29) is 24.3 Å². The lowest BCUT2D eigenvalue weighted by molar-refractivity contribution is -0.121. The Morgan fingerprint density at radius 1 is 1.22 bits per heavy atom. The number of hydrogen-bond acceptors (Lipinski definition) is 3. The Hall–Kier alpha value is -1.88. The lowest BCUT2D eigenvalue weighted by Gasteiger charge is -2.25. The average Bonchev–Trinajstić information content (AvgIpc) is 2.55. The summed E-state index contributed by atoms with van der Waals surface area (Å²) < 4.78 is 0. The molecular weight excluding hydrogens is 292 g/mol. The molecule has 1 aromatic rings. The Morgan fingerprint density at radius 3 is 2.61 bits per heavy atom. The molecule has 2 atom stereocenters. The van der Waals surface area contributed by atoms with E-state index in [1.54, 1.807) is 24.3 Å². The summed E-state index contributed by atoms with van der Waals surface area (Å²) in [6, 6.07) is 6.91. The number of hydrogen-bond donors (Lipinski definition) is 3. The number of anilines is 1. The summed E-state index contributed by atoms with van der Waals surface area (Å²) in [6.45, 7) is 2.71. The average molecular weight is 318 g/mol. The number of benzene rings is 1. The molecule has 3 N–H and O–H groups in total. The van der Waals surface area contributed by atoms with E-state index in [4.69, 9.17) is 5.11 Å². The molecule has 0 heterocycles.